The van der Waals surface area contributed by atoms with Gasteiger partial charge < -0.3 is 19.3 Å². The van der Waals surface area contributed by atoms with E-state index in [-0.39, 0.29) is 42.0 Å². The summed E-state index contributed by atoms with van der Waals surface area (Å²) in [5.41, 5.74) is 0. The van der Waals surface area contributed by atoms with Gasteiger partial charge in [0, 0.05) is 18.9 Å². The number of esters is 1. The second-order valence-electron chi connectivity index (χ2n) is 14.1. The summed E-state index contributed by atoms with van der Waals surface area (Å²) in [4.78, 5) is 40.8. The largest absolute Gasteiger partial charge is 0.462 e. The van der Waals surface area contributed by atoms with Crippen LogP contribution in [0.5, 0.6) is 0 Å². The number of aliphatic hydroxyl groups is 1. The Hall–Kier alpha value is -1.31. The molecular weight excluding hydrogens is 508 g/mol. The molecule has 1 aliphatic heterocycles. The first-order valence-electron chi connectivity index (χ1n) is 16.0. The highest BCUT2D eigenvalue weighted by atomic mass is 16.6. The first-order chi connectivity index (χ1) is 18.8. The molecule has 3 rings (SSSR count). The third-order valence-electron chi connectivity index (χ3n) is 10.3. The van der Waals surface area contributed by atoms with E-state index in [2.05, 4.69) is 27.7 Å². The first-order valence-corrected chi connectivity index (χ1v) is 16.0. The van der Waals surface area contributed by atoms with Gasteiger partial charge in [-0.2, -0.15) is 0 Å². The third-order valence-corrected chi connectivity index (χ3v) is 10.3. The fourth-order valence-corrected chi connectivity index (χ4v) is 7.53. The van der Waals surface area contributed by atoms with Crippen molar-refractivity contribution in [3.05, 3.63) is 0 Å². The molecule has 1 saturated heterocycles. The van der Waals surface area contributed by atoms with Crippen molar-refractivity contribution in [2.24, 2.45) is 47.3 Å². The molecule has 0 radical (unpaired) electrons. The standard InChI is InChI=1S/C33H56O7/c1-19(2)27-16-14-23(7)33(37,40-27)31(35)29(34)25-11-9-10-12-26(25)32(36)39-30(20(3)4)22(6)17-24-15-13-21(5)28(18-24)38-8/h19-28,30,37H,9-18H2,1-8H3. The van der Waals surface area contributed by atoms with Crippen molar-refractivity contribution in [2.45, 2.75) is 137 Å². The van der Waals surface area contributed by atoms with Gasteiger partial charge in [-0.1, -0.05) is 61.3 Å². The van der Waals surface area contributed by atoms with Crippen molar-refractivity contribution in [2.75, 3.05) is 7.11 Å². The van der Waals surface area contributed by atoms with Crippen LogP contribution in [0.3, 0.4) is 0 Å². The van der Waals surface area contributed by atoms with Gasteiger partial charge in [-0.15, -0.1) is 0 Å². The van der Waals surface area contributed by atoms with Crippen molar-refractivity contribution >= 4 is 17.5 Å². The Bertz CT molecular complexity index is 869. The normalized spacial score (nSPS) is 36.7. The minimum absolute atomic E-state index is 0.117. The number of hydrogen-bond acceptors (Lipinski definition) is 7. The Labute approximate surface area is 242 Å². The fraction of sp³-hybridized carbons (Fsp3) is 0.909. The molecule has 2 aliphatic carbocycles. The molecule has 0 bridgehead atoms. The zero-order valence-corrected chi connectivity index (χ0v) is 26.3. The van der Waals surface area contributed by atoms with Gasteiger partial charge in [-0.3, -0.25) is 14.4 Å². The molecule has 7 heteroatoms. The van der Waals surface area contributed by atoms with Crippen molar-refractivity contribution < 1.29 is 33.7 Å². The predicted octanol–water partition coefficient (Wildman–Crippen LogP) is 6.14. The maximum Gasteiger partial charge on any atom is 0.309 e. The molecule has 3 aliphatic rings. The van der Waals surface area contributed by atoms with Crippen LogP contribution in [0.4, 0.5) is 0 Å². The van der Waals surface area contributed by atoms with Gasteiger partial charge in [0.25, 0.3) is 5.78 Å². The summed E-state index contributed by atoms with van der Waals surface area (Å²) >= 11 is 0. The molecule has 0 aromatic heterocycles. The number of ether oxygens (including phenoxy) is 3. The van der Waals surface area contributed by atoms with Crippen LogP contribution in [-0.4, -0.2) is 53.9 Å². The minimum Gasteiger partial charge on any atom is -0.462 e. The molecule has 0 spiro atoms. The van der Waals surface area contributed by atoms with Gasteiger partial charge in [0.05, 0.1) is 18.1 Å². The summed E-state index contributed by atoms with van der Waals surface area (Å²) in [6.45, 7) is 14.3. The molecular formula is C33H56O7. The number of rotatable bonds is 11. The van der Waals surface area contributed by atoms with E-state index >= 15 is 0 Å². The van der Waals surface area contributed by atoms with E-state index < -0.39 is 35.1 Å². The summed E-state index contributed by atoms with van der Waals surface area (Å²) in [7, 11) is 1.79. The molecule has 0 aromatic carbocycles. The highest BCUT2D eigenvalue weighted by Crippen LogP contribution is 2.40. The molecule has 10 unspecified atom stereocenters. The number of carbonyl (C=O) groups excluding carboxylic acids is 3. The van der Waals surface area contributed by atoms with Gasteiger partial charge in [0.15, 0.2) is 0 Å². The lowest BCUT2D eigenvalue weighted by Crippen LogP contribution is -2.57. The highest BCUT2D eigenvalue weighted by molar-refractivity contribution is 6.41. The molecule has 1 heterocycles. The van der Waals surface area contributed by atoms with E-state index in [1.54, 1.807) is 14.0 Å². The van der Waals surface area contributed by atoms with Crippen LogP contribution in [-0.2, 0) is 28.6 Å². The summed E-state index contributed by atoms with van der Waals surface area (Å²) in [6, 6.07) is 0. The first kappa shape index (κ1) is 33.2. The average Bonchev–Trinajstić information content (AvgIpc) is 2.92. The summed E-state index contributed by atoms with van der Waals surface area (Å²) in [5.74, 6) is -4.52. The van der Waals surface area contributed by atoms with Crippen molar-refractivity contribution in [1.29, 1.82) is 0 Å². The van der Waals surface area contributed by atoms with E-state index in [4.69, 9.17) is 14.2 Å². The Balaban J connectivity index is 1.70. The van der Waals surface area contributed by atoms with Gasteiger partial charge in [-0.25, -0.2) is 0 Å². The quantitative estimate of drug-likeness (QED) is 0.238. The maximum absolute atomic E-state index is 13.7. The topological polar surface area (TPSA) is 99.1 Å². The summed E-state index contributed by atoms with van der Waals surface area (Å²) in [6.07, 6.45) is 7.91. The van der Waals surface area contributed by atoms with E-state index in [1.807, 2.05) is 13.8 Å². The van der Waals surface area contributed by atoms with Crippen LogP contribution in [0.1, 0.15) is 113 Å². The average molecular weight is 565 g/mol. The second kappa shape index (κ2) is 14.2. The smallest absolute Gasteiger partial charge is 0.309 e. The van der Waals surface area contributed by atoms with Crippen LogP contribution in [0.2, 0.25) is 0 Å². The van der Waals surface area contributed by atoms with Crippen LogP contribution in [0.25, 0.3) is 0 Å². The Morgan fingerprint density at radius 2 is 1.57 bits per heavy atom. The van der Waals surface area contributed by atoms with Gasteiger partial charge in [0.2, 0.25) is 11.6 Å². The van der Waals surface area contributed by atoms with Gasteiger partial charge >= 0.3 is 5.97 Å². The number of methoxy groups -OCH3 is 1. The summed E-state index contributed by atoms with van der Waals surface area (Å²) in [5, 5.41) is 11.3. The van der Waals surface area contributed by atoms with Crippen LogP contribution < -0.4 is 0 Å². The number of Topliss-reactive ketones (excluding diaryl/α,β-unsaturated/α-hetero) is 2. The lowest BCUT2D eigenvalue weighted by Gasteiger charge is -2.42. The van der Waals surface area contributed by atoms with E-state index in [0.717, 1.165) is 44.9 Å². The summed E-state index contributed by atoms with van der Waals surface area (Å²) < 4.78 is 17.8. The zero-order chi connectivity index (χ0) is 29.8. The fourth-order valence-electron chi connectivity index (χ4n) is 7.53. The minimum atomic E-state index is -2.14. The van der Waals surface area contributed by atoms with Crippen molar-refractivity contribution in [1.82, 2.24) is 0 Å². The van der Waals surface area contributed by atoms with Crippen LogP contribution >= 0.6 is 0 Å². The molecule has 1 N–H and O–H groups in total. The number of hydrogen-bond donors (Lipinski definition) is 1. The Morgan fingerprint density at radius 1 is 0.925 bits per heavy atom. The zero-order valence-electron chi connectivity index (χ0n) is 26.3. The molecule has 40 heavy (non-hydrogen) atoms. The second-order valence-corrected chi connectivity index (χ2v) is 14.1. The van der Waals surface area contributed by atoms with Crippen LogP contribution in [0.15, 0.2) is 0 Å². The lowest BCUT2D eigenvalue weighted by molar-refractivity contribution is -0.268. The lowest BCUT2D eigenvalue weighted by atomic mass is 9.73. The van der Waals surface area contributed by atoms with Gasteiger partial charge in [0.1, 0.15) is 6.10 Å². The van der Waals surface area contributed by atoms with Crippen LogP contribution in [0, 0.1) is 47.3 Å². The van der Waals surface area contributed by atoms with Gasteiger partial charge in [-0.05, 0) is 81.0 Å². The molecule has 10 atom stereocenters. The Morgan fingerprint density at radius 3 is 2.17 bits per heavy atom. The molecule has 3 fully saturated rings. The highest BCUT2D eigenvalue weighted by Gasteiger charge is 2.53. The van der Waals surface area contributed by atoms with E-state index in [1.165, 1.54) is 0 Å². The molecule has 2 saturated carbocycles. The Kier molecular flexibility index (Phi) is 11.8. The SMILES string of the molecule is COC1CC(CC(C)C(OC(=O)C2CCCCC2C(=O)C(=O)C2(O)OC(C(C)C)CCC2C)C(C)C)CCC1C. The van der Waals surface area contributed by atoms with E-state index in [9.17, 15) is 19.5 Å². The van der Waals surface area contributed by atoms with E-state index in [0.29, 0.717) is 31.1 Å². The molecule has 7 nitrogen and oxygen atoms in total. The monoisotopic (exact) mass is 564 g/mol. The molecule has 230 valence electrons. The third kappa shape index (κ3) is 7.55. The number of ketones is 2. The maximum atomic E-state index is 13.7. The predicted molar refractivity (Wildman–Crippen MR) is 154 cm³/mol. The van der Waals surface area contributed by atoms with Crippen molar-refractivity contribution in [3.8, 4) is 0 Å². The molecule has 0 aromatic rings. The molecule has 0 amide bonds. The van der Waals surface area contributed by atoms with Crippen molar-refractivity contribution in [3.63, 3.8) is 0 Å². The number of carbonyl (C=O) groups is 3.